The van der Waals surface area contributed by atoms with Gasteiger partial charge in [0.1, 0.15) is 0 Å². The number of carbonyl (C=O) groups is 2. The van der Waals surface area contributed by atoms with Crippen LogP contribution in [0.3, 0.4) is 0 Å². The molecular formula is C16H18F3N3O2. The average Bonchev–Trinajstić information content (AvgIpc) is 2.59. The Morgan fingerprint density at radius 2 is 1.88 bits per heavy atom. The Morgan fingerprint density at radius 1 is 1.17 bits per heavy atom. The van der Waals surface area contributed by atoms with Gasteiger partial charge in [-0.2, -0.15) is 0 Å². The Hall–Kier alpha value is -2.09. The molecule has 2 aliphatic rings. The summed E-state index contributed by atoms with van der Waals surface area (Å²) in [6.45, 7) is 2.30. The summed E-state index contributed by atoms with van der Waals surface area (Å²) >= 11 is 0. The smallest absolute Gasteiger partial charge is 0.254 e. The van der Waals surface area contributed by atoms with Crippen LogP contribution in [0.1, 0.15) is 23.2 Å². The van der Waals surface area contributed by atoms with Gasteiger partial charge in [-0.25, -0.2) is 13.2 Å². The van der Waals surface area contributed by atoms with Gasteiger partial charge in [0, 0.05) is 37.8 Å². The van der Waals surface area contributed by atoms with Gasteiger partial charge < -0.3 is 15.1 Å². The molecule has 1 unspecified atom stereocenters. The Morgan fingerprint density at radius 3 is 2.54 bits per heavy atom. The molecule has 1 N–H and O–H groups in total. The minimum Gasteiger partial charge on any atom is -0.337 e. The SMILES string of the molecule is O=C(c1cc(F)c(F)c(F)c1)N1CCCC(N2CCNCC2=O)C1. The molecule has 1 atom stereocenters. The highest BCUT2D eigenvalue weighted by molar-refractivity contribution is 5.94. The van der Waals surface area contributed by atoms with Gasteiger partial charge in [0.15, 0.2) is 17.5 Å². The standard InChI is InChI=1S/C16H18F3N3O2/c17-12-6-10(7-13(18)15(12)19)16(24)21-4-1-2-11(9-21)22-5-3-20-8-14(22)23/h6-7,11,20H,1-5,8-9H2. The van der Waals surface area contributed by atoms with Crippen molar-refractivity contribution in [2.75, 3.05) is 32.7 Å². The zero-order valence-corrected chi connectivity index (χ0v) is 13.0. The molecule has 1 aromatic carbocycles. The van der Waals surface area contributed by atoms with Gasteiger partial charge in [-0.3, -0.25) is 9.59 Å². The molecular weight excluding hydrogens is 323 g/mol. The van der Waals surface area contributed by atoms with Crippen LogP contribution in [0.4, 0.5) is 13.2 Å². The maximum atomic E-state index is 13.3. The van der Waals surface area contributed by atoms with E-state index >= 15 is 0 Å². The fourth-order valence-electron chi connectivity index (χ4n) is 3.26. The van der Waals surface area contributed by atoms with E-state index < -0.39 is 23.4 Å². The lowest BCUT2D eigenvalue weighted by molar-refractivity contribution is -0.135. The second kappa shape index (κ2) is 6.80. The molecule has 2 saturated heterocycles. The number of carbonyl (C=O) groups excluding carboxylic acids is 2. The molecule has 0 bridgehead atoms. The van der Waals surface area contributed by atoms with E-state index in [-0.39, 0.29) is 24.1 Å². The van der Waals surface area contributed by atoms with E-state index in [0.29, 0.717) is 44.7 Å². The van der Waals surface area contributed by atoms with E-state index in [2.05, 4.69) is 5.32 Å². The van der Waals surface area contributed by atoms with Gasteiger partial charge in [0.05, 0.1) is 6.54 Å². The lowest BCUT2D eigenvalue weighted by Gasteiger charge is -2.41. The van der Waals surface area contributed by atoms with Crippen molar-refractivity contribution in [3.63, 3.8) is 0 Å². The first-order valence-electron chi connectivity index (χ1n) is 7.91. The number of hydrogen-bond donors (Lipinski definition) is 1. The number of halogens is 3. The third-order valence-corrected chi connectivity index (χ3v) is 4.48. The molecule has 1 aromatic rings. The second-order valence-electron chi connectivity index (χ2n) is 6.07. The summed E-state index contributed by atoms with van der Waals surface area (Å²) in [5, 5.41) is 2.99. The number of piperazine rings is 1. The van der Waals surface area contributed by atoms with Crippen LogP contribution in [0.25, 0.3) is 0 Å². The van der Waals surface area contributed by atoms with Crippen molar-refractivity contribution in [3.05, 3.63) is 35.1 Å². The molecule has 2 fully saturated rings. The van der Waals surface area contributed by atoms with E-state index in [9.17, 15) is 22.8 Å². The molecule has 130 valence electrons. The van der Waals surface area contributed by atoms with Crippen molar-refractivity contribution in [2.45, 2.75) is 18.9 Å². The van der Waals surface area contributed by atoms with Gasteiger partial charge >= 0.3 is 0 Å². The molecule has 0 saturated carbocycles. The maximum Gasteiger partial charge on any atom is 0.254 e. The third-order valence-electron chi connectivity index (χ3n) is 4.48. The van der Waals surface area contributed by atoms with Crippen molar-refractivity contribution in [1.29, 1.82) is 0 Å². The summed E-state index contributed by atoms with van der Waals surface area (Å²) in [6.07, 6.45) is 1.47. The monoisotopic (exact) mass is 341 g/mol. The minimum atomic E-state index is -1.59. The molecule has 5 nitrogen and oxygen atoms in total. The number of hydrogen-bond acceptors (Lipinski definition) is 3. The predicted molar refractivity (Wildman–Crippen MR) is 79.8 cm³/mol. The molecule has 0 radical (unpaired) electrons. The van der Waals surface area contributed by atoms with Crippen LogP contribution >= 0.6 is 0 Å². The van der Waals surface area contributed by atoms with Crippen LogP contribution in [0.15, 0.2) is 12.1 Å². The molecule has 0 spiro atoms. The number of rotatable bonds is 2. The zero-order valence-electron chi connectivity index (χ0n) is 13.0. The van der Waals surface area contributed by atoms with Gasteiger partial charge in [0.25, 0.3) is 5.91 Å². The first kappa shape index (κ1) is 16.8. The molecule has 2 aliphatic heterocycles. The van der Waals surface area contributed by atoms with Crippen molar-refractivity contribution in [3.8, 4) is 0 Å². The highest BCUT2D eigenvalue weighted by Crippen LogP contribution is 2.21. The molecule has 0 aliphatic carbocycles. The Labute approximate surface area is 137 Å². The van der Waals surface area contributed by atoms with Crippen molar-refractivity contribution < 1.29 is 22.8 Å². The van der Waals surface area contributed by atoms with Crippen LogP contribution in [0.2, 0.25) is 0 Å². The van der Waals surface area contributed by atoms with E-state index in [0.717, 1.165) is 6.42 Å². The van der Waals surface area contributed by atoms with Crippen LogP contribution < -0.4 is 5.32 Å². The molecule has 2 amide bonds. The van der Waals surface area contributed by atoms with Crippen LogP contribution in [0.5, 0.6) is 0 Å². The highest BCUT2D eigenvalue weighted by atomic mass is 19.2. The van der Waals surface area contributed by atoms with Gasteiger partial charge in [-0.1, -0.05) is 0 Å². The molecule has 0 aromatic heterocycles. The number of amides is 2. The van der Waals surface area contributed by atoms with E-state index in [1.54, 1.807) is 4.90 Å². The summed E-state index contributed by atoms with van der Waals surface area (Å²) in [6, 6.07) is 1.31. The minimum absolute atomic E-state index is 0.0144. The zero-order chi connectivity index (χ0) is 17.3. The van der Waals surface area contributed by atoms with Gasteiger partial charge in [0.2, 0.25) is 5.91 Å². The normalized spacial score (nSPS) is 22.0. The third kappa shape index (κ3) is 3.24. The predicted octanol–water partition coefficient (Wildman–Crippen LogP) is 1.14. The lowest BCUT2D eigenvalue weighted by Crippen LogP contribution is -2.57. The van der Waals surface area contributed by atoms with Crippen molar-refractivity contribution in [2.24, 2.45) is 0 Å². The Balaban J connectivity index is 1.74. The van der Waals surface area contributed by atoms with Crippen LogP contribution in [0, 0.1) is 17.5 Å². The Kier molecular flexibility index (Phi) is 4.75. The number of benzene rings is 1. The number of piperidine rings is 1. The molecule has 8 heteroatoms. The maximum absolute atomic E-state index is 13.3. The van der Waals surface area contributed by atoms with Crippen LogP contribution in [-0.2, 0) is 4.79 Å². The number of nitrogens with zero attached hydrogens (tertiary/aromatic N) is 2. The molecule has 2 heterocycles. The largest absolute Gasteiger partial charge is 0.337 e. The van der Waals surface area contributed by atoms with E-state index in [4.69, 9.17) is 0 Å². The van der Waals surface area contributed by atoms with Gasteiger partial charge in [-0.05, 0) is 25.0 Å². The van der Waals surface area contributed by atoms with Gasteiger partial charge in [-0.15, -0.1) is 0 Å². The summed E-state index contributed by atoms with van der Waals surface area (Å²) < 4.78 is 39.7. The molecule has 24 heavy (non-hydrogen) atoms. The van der Waals surface area contributed by atoms with Crippen molar-refractivity contribution >= 4 is 11.8 Å². The summed E-state index contributed by atoms with van der Waals surface area (Å²) in [5.41, 5.74) is -0.223. The summed E-state index contributed by atoms with van der Waals surface area (Å²) in [5.74, 6) is -4.93. The first-order valence-corrected chi connectivity index (χ1v) is 7.91. The van der Waals surface area contributed by atoms with E-state index in [1.165, 1.54) is 4.90 Å². The second-order valence-corrected chi connectivity index (χ2v) is 6.07. The average molecular weight is 341 g/mol. The number of nitrogens with one attached hydrogen (secondary N) is 1. The highest BCUT2D eigenvalue weighted by Gasteiger charge is 2.32. The number of likely N-dealkylation sites (tertiary alicyclic amines) is 1. The first-order chi connectivity index (χ1) is 11.5. The topological polar surface area (TPSA) is 52.7 Å². The Bertz CT molecular complexity index is 645. The lowest BCUT2D eigenvalue weighted by atomic mass is 10.0. The fourth-order valence-corrected chi connectivity index (χ4v) is 3.26. The van der Waals surface area contributed by atoms with Crippen molar-refractivity contribution in [1.82, 2.24) is 15.1 Å². The van der Waals surface area contributed by atoms with Crippen LogP contribution in [-0.4, -0.2) is 60.4 Å². The fraction of sp³-hybridized carbons (Fsp3) is 0.500. The molecule has 3 rings (SSSR count). The summed E-state index contributed by atoms with van der Waals surface area (Å²) in [4.78, 5) is 27.7. The summed E-state index contributed by atoms with van der Waals surface area (Å²) in [7, 11) is 0. The quantitative estimate of drug-likeness (QED) is 0.821. The van der Waals surface area contributed by atoms with E-state index in [1.807, 2.05) is 0 Å².